The predicted octanol–water partition coefficient (Wildman–Crippen LogP) is 1.42. The summed E-state index contributed by atoms with van der Waals surface area (Å²) in [6.45, 7) is 1.77. The number of Topliss-reactive ketones (excluding diaryl/α,β-unsaturated/α-hetero) is 1. The van der Waals surface area contributed by atoms with Gasteiger partial charge in [-0.15, -0.1) is 0 Å². The molecule has 1 aromatic carbocycles. The zero-order chi connectivity index (χ0) is 36.8. The van der Waals surface area contributed by atoms with Crippen LogP contribution in [0.15, 0.2) is 30.3 Å². The number of thioether (sulfide) groups is 1. The summed E-state index contributed by atoms with van der Waals surface area (Å²) in [6.07, 6.45) is 1.72. The molecule has 1 unspecified atom stereocenters. The van der Waals surface area contributed by atoms with E-state index in [2.05, 4.69) is 10.6 Å². The van der Waals surface area contributed by atoms with Crippen molar-refractivity contribution in [3.05, 3.63) is 35.9 Å². The molecule has 0 aliphatic carbocycles. The van der Waals surface area contributed by atoms with E-state index < -0.39 is 36.7 Å². The van der Waals surface area contributed by atoms with Gasteiger partial charge in [-0.1, -0.05) is 36.8 Å². The first-order valence-electron chi connectivity index (χ1n) is 17.4. The Morgan fingerprint density at radius 1 is 0.902 bits per heavy atom. The average Bonchev–Trinajstić information content (AvgIpc) is 3.68. The van der Waals surface area contributed by atoms with Gasteiger partial charge in [-0.25, -0.2) is 19.3 Å². The summed E-state index contributed by atoms with van der Waals surface area (Å²) >= 11 is 1.82. The first-order valence-corrected chi connectivity index (χ1v) is 18.5. The smallest absolute Gasteiger partial charge is 0.417 e. The van der Waals surface area contributed by atoms with Crippen molar-refractivity contribution in [3.63, 3.8) is 0 Å². The topological polar surface area (TPSA) is 231 Å². The molecule has 0 bridgehead atoms. The van der Waals surface area contributed by atoms with E-state index in [1.807, 2.05) is 11.8 Å². The molecule has 286 valence electrons. The van der Waals surface area contributed by atoms with Gasteiger partial charge in [-0.3, -0.25) is 9.59 Å². The van der Waals surface area contributed by atoms with Gasteiger partial charge in [0.2, 0.25) is 0 Å². The highest BCUT2D eigenvalue weighted by atomic mass is 32.2. The van der Waals surface area contributed by atoms with E-state index in [1.54, 1.807) is 30.3 Å². The molecule has 2 saturated heterocycles. The highest BCUT2D eigenvalue weighted by Crippen LogP contribution is 2.33. The third-order valence-electron chi connectivity index (χ3n) is 8.38. The van der Waals surface area contributed by atoms with Crippen LogP contribution in [0.2, 0.25) is 0 Å². The molecule has 2 aliphatic heterocycles. The van der Waals surface area contributed by atoms with Crippen molar-refractivity contribution in [3.8, 4) is 0 Å². The molecule has 7 N–H and O–H groups in total. The lowest BCUT2D eigenvalue weighted by molar-refractivity contribution is -0.151. The number of carbonyl (C=O) groups excluding carboxylic acids is 4. The number of ether oxygens (including phenoxy) is 5. The summed E-state index contributed by atoms with van der Waals surface area (Å²) in [5.74, 6) is -1.56. The predicted molar refractivity (Wildman–Crippen MR) is 188 cm³/mol. The van der Waals surface area contributed by atoms with Crippen LogP contribution < -0.4 is 22.1 Å². The normalized spacial score (nSPS) is 19.1. The number of carbonyl (C=O) groups is 5. The van der Waals surface area contributed by atoms with Gasteiger partial charge >= 0.3 is 18.1 Å². The van der Waals surface area contributed by atoms with Gasteiger partial charge in [0, 0.05) is 24.0 Å². The maximum Gasteiger partial charge on any atom is 0.417 e. The zero-order valence-electron chi connectivity index (χ0n) is 29.0. The van der Waals surface area contributed by atoms with Gasteiger partial charge in [0.1, 0.15) is 25.0 Å². The number of unbranched alkanes of at least 4 members (excludes halogenated alkanes) is 1. The number of carboxylic acids is 1. The minimum absolute atomic E-state index is 0.0152. The van der Waals surface area contributed by atoms with E-state index in [0.717, 1.165) is 18.6 Å². The Labute approximate surface area is 302 Å². The van der Waals surface area contributed by atoms with Crippen LogP contribution in [0.3, 0.4) is 0 Å². The molecule has 16 nitrogen and oxygen atoms in total. The number of hydrogen-bond donors (Lipinski definition) is 5. The Bertz CT molecular complexity index is 1230. The van der Waals surface area contributed by atoms with Crippen molar-refractivity contribution in [1.29, 1.82) is 0 Å². The van der Waals surface area contributed by atoms with E-state index in [1.165, 1.54) is 0 Å². The second kappa shape index (κ2) is 24.0. The number of aliphatic carboxylic acids is 1. The standard InChI is InChI=1S/C34H53N5O11S/c35-13-14-46-15-16-47-17-18-48-19-20-49-22-30(41)39(34(45)50-21-24-7-2-1-3-8-24)27(32(42)43)10-6-9-25(36)28(40)11-4-5-12-29-31-26(23-51-29)37-33(44)38-31/h1-3,7-8,25-27,29,31H,4-6,9-23,35-36H2,(H,42,43)(H2,37,38,44)/t25?,26-,27-,29-,31-/m0/s1. The van der Waals surface area contributed by atoms with Gasteiger partial charge in [-0.2, -0.15) is 11.8 Å². The molecule has 2 aliphatic rings. The summed E-state index contributed by atoms with van der Waals surface area (Å²) in [6, 6.07) is 6.52. The summed E-state index contributed by atoms with van der Waals surface area (Å²) in [5.41, 5.74) is 12.2. The van der Waals surface area contributed by atoms with Crippen molar-refractivity contribution in [1.82, 2.24) is 15.5 Å². The zero-order valence-corrected chi connectivity index (χ0v) is 29.9. The van der Waals surface area contributed by atoms with Crippen molar-refractivity contribution >= 4 is 41.5 Å². The van der Waals surface area contributed by atoms with Crippen LogP contribution in [-0.2, 0) is 44.7 Å². The van der Waals surface area contributed by atoms with Gasteiger partial charge in [0.15, 0.2) is 0 Å². The van der Waals surface area contributed by atoms with E-state index in [0.29, 0.717) is 55.1 Å². The number of rotatable bonds is 27. The van der Waals surface area contributed by atoms with Crippen LogP contribution in [0.25, 0.3) is 0 Å². The van der Waals surface area contributed by atoms with Gasteiger partial charge in [0.25, 0.3) is 5.91 Å². The molecular weight excluding hydrogens is 686 g/mol. The quantitative estimate of drug-likeness (QED) is 0.0635. The van der Waals surface area contributed by atoms with Crippen LogP contribution in [0.5, 0.6) is 0 Å². The molecule has 0 saturated carbocycles. The van der Waals surface area contributed by atoms with Gasteiger partial charge in [-0.05, 0) is 37.7 Å². The van der Waals surface area contributed by atoms with Crippen molar-refractivity contribution < 1.29 is 52.8 Å². The second-order valence-electron chi connectivity index (χ2n) is 12.2. The van der Waals surface area contributed by atoms with Crippen LogP contribution in [-0.4, -0.2) is 134 Å². The van der Waals surface area contributed by atoms with Crippen molar-refractivity contribution in [2.45, 2.75) is 81.0 Å². The fraction of sp³-hybridized carbons (Fsp3) is 0.676. The van der Waals surface area contributed by atoms with Crippen LogP contribution in [0, 0.1) is 0 Å². The highest BCUT2D eigenvalue weighted by Gasteiger charge is 2.42. The summed E-state index contributed by atoms with van der Waals surface area (Å²) in [7, 11) is 0. The van der Waals surface area contributed by atoms with Gasteiger partial charge in [0.05, 0.1) is 64.4 Å². The van der Waals surface area contributed by atoms with Crippen LogP contribution in [0.4, 0.5) is 9.59 Å². The number of nitrogens with one attached hydrogen (secondary N) is 2. The number of imide groups is 1. The van der Waals surface area contributed by atoms with Crippen LogP contribution >= 0.6 is 11.8 Å². The minimum Gasteiger partial charge on any atom is -0.480 e. The van der Waals surface area contributed by atoms with Crippen molar-refractivity contribution in [2.24, 2.45) is 11.5 Å². The molecule has 2 fully saturated rings. The first kappa shape index (κ1) is 42.1. The Hall–Kier alpha value is -3.32. The number of carboxylic acid groups (broad SMARTS) is 1. The number of nitrogens with zero attached hydrogens (tertiary/aromatic N) is 1. The molecule has 5 atom stereocenters. The number of fused-ring (bicyclic) bond motifs is 1. The SMILES string of the molecule is NCCOCCOCCOCCOCC(=O)N(C(=O)OCc1ccccc1)[C@@H](CCCC(N)C(=O)CCCC[C@@H]1SC[C@@H]2NC(=O)N[C@@H]21)C(=O)O. The summed E-state index contributed by atoms with van der Waals surface area (Å²) < 4.78 is 26.7. The van der Waals surface area contributed by atoms with E-state index in [4.69, 9.17) is 35.2 Å². The second-order valence-corrected chi connectivity index (χ2v) is 13.5. The number of ketones is 1. The Kier molecular flexibility index (Phi) is 19.8. The first-order chi connectivity index (χ1) is 24.7. The summed E-state index contributed by atoms with van der Waals surface area (Å²) in [5, 5.41) is 16.2. The maximum atomic E-state index is 13.2. The summed E-state index contributed by atoms with van der Waals surface area (Å²) in [4.78, 5) is 63.6. The average molecular weight is 740 g/mol. The maximum absolute atomic E-state index is 13.2. The third kappa shape index (κ3) is 15.4. The Morgan fingerprint density at radius 2 is 1.57 bits per heavy atom. The highest BCUT2D eigenvalue weighted by molar-refractivity contribution is 8.00. The van der Waals surface area contributed by atoms with E-state index in [-0.39, 0.29) is 76.0 Å². The molecule has 0 aromatic heterocycles. The molecule has 3 rings (SSSR count). The molecule has 4 amide bonds. The van der Waals surface area contributed by atoms with E-state index in [9.17, 15) is 29.1 Å². The third-order valence-corrected chi connectivity index (χ3v) is 9.89. The molecule has 0 spiro atoms. The largest absolute Gasteiger partial charge is 0.480 e. The molecule has 0 radical (unpaired) electrons. The minimum atomic E-state index is -1.56. The number of hydrogen-bond acceptors (Lipinski definition) is 13. The Balaban J connectivity index is 1.42. The number of nitrogens with two attached hydrogens (primary N) is 2. The number of urea groups is 1. The van der Waals surface area contributed by atoms with E-state index >= 15 is 0 Å². The Morgan fingerprint density at radius 3 is 2.24 bits per heavy atom. The fourth-order valence-electron chi connectivity index (χ4n) is 5.69. The van der Waals surface area contributed by atoms with Crippen LogP contribution in [0.1, 0.15) is 50.5 Å². The van der Waals surface area contributed by atoms with Crippen molar-refractivity contribution in [2.75, 3.05) is 65.2 Å². The molecule has 17 heteroatoms. The lowest BCUT2D eigenvalue weighted by atomic mass is 9.98. The molecule has 51 heavy (non-hydrogen) atoms. The van der Waals surface area contributed by atoms with Gasteiger partial charge < -0.3 is 50.9 Å². The number of benzene rings is 1. The lowest BCUT2D eigenvalue weighted by Crippen LogP contribution is -2.50. The number of amides is 4. The molecule has 2 heterocycles. The lowest BCUT2D eigenvalue weighted by Gasteiger charge is -2.27. The molecular formula is C34H53N5O11S. The monoisotopic (exact) mass is 739 g/mol. The molecule has 1 aromatic rings. The fourth-order valence-corrected chi connectivity index (χ4v) is 7.24.